The SMILES string of the molecule is O=C(CSc1nnnn1C1CC1)N1CCC(c2ccccc2)=N1. The number of hydrogen-bond acceptors (Lipinski definition) is 6. The summed E-state index contributed by atoms with van der Waals surface area (Å²) >= 11 is 1.38. The molecule has 7 nitrogen and oxygen atoms in total. The lowest BCUT2D eigenvalue weighted by Gasteiger charge is -2.10. The molecule has 0 N–H and O–H groups in total. The number of rotatable bonds is 5. The number of benzene rings is 1. The fourth-order valence-corrected chi connectivity index (χ4v) is 3.31. The second-order valence-electron chi connectivity index (χ2n) is 5.61. The summed E-state index contributed by atoms with van der Waals surface area (Å²) in [6.45, 7) is 0.636. The average molecular weight is 328 g/mol. The highest BCUT2D eigenvalue weighted by Gasteiger charge is 2.29. The second kappa shape index (κ2) is 6.11. The Bertz CT molecular complexity index is 739. The molecule has 23 heavy (non-hydrogen) atoms. The van der Waals surface area contributed by atoms with E-state index in [0.717, 1.165) is 30.5 Å². The number of hydrazone groups is 1. The minimum absolute atomic E-state index is 0.00808. The third-order valence-corrected chi connectivity index (χ3v) is 4.80. The minimum Gasteiger partial charge on any atom is -0.272 e. The molecule has 2 aromatic rings. The molecule has 4 rings (SSSR count). The number of amides is 1. The van der Waals surface area contributed by atoms with Gasteiger partial charge in [0.2, 0.25) is 5.16 Å². The van der Waals surface area contributed by atoms with E-state index in [2.05, 4.69) is 20.6 Å². The van der Waals surface area contributed by atoms with E-state index in [-0.39, 0.29) is 5.91 Å². The Kier molecular flexibility index (Phi) is 3.82. The summed E-state index contributed by atoms with van der Waals surface area (Å²) in [6, 6.07) is 10.4. The van der Waals surface area contributed by atoms with E-state index in [0.29, 0.717) is 23.5 Å². The van der Waals surface area contributed by atoms with Crippen LogP contribution in [0.3, 0.4) is 0 Å². The van der Waals surface area contributed by atoms with Crippen LogP contribution in [0.5, 0.6) is 0 Å². The average Bonchev–Trinajstić information content (AvgIpc) is 3.13. The standard InChI is InChI=1S/C15H16N6OS/c22-14(10-23-15-16-18-19-21(15)12-6-7-12)20-9-8-13(17-20)11-4-2-1-3-5-11/h1-5,12H,6-10H2. The molecule has 118 valence electrons. The molecule has 1 amide bonds. The van der Waals surface area contributed by atoms with Crippen molar-refractivity contribution in [2.45, 2.75) is 30.5 Å². The van der Waals surface area contributed by atoms with Crippen LogP contribution in [0, 0.1) is 0 Å². The van der Waals surface area contributed by atoms with Gasteiger partial charge in [0.1, 0.15) is 0 Å². The molecule has 1 aromatic heterocycles. The molecular weight excluding hydrogens is 312 g/mol. The molecule has 0 atom stereocenters. The predicted molar refractivity (Wildman–Crippen MR) is 86.1 cm³/mol. The lowest BCUT2D eigenvalue weighted by molar-refractivity contribution is -0.127. The maximum Gasteiger partial charge on any atom is 0.253 e. The van der Waals surface area contributed by atoms with Gasteiger partial charge in [-0.3, -0.25) is 4.79 Å². The van der Waals surface area contributed by atoms with E-state index in [1.54, 1.807) is 5.01 Å². The van der Waals surface area contributed by atoms with Crippen molar-refractivity contribution in [3.63, 3.8) is 0 Å². The highest BCUT2D eigenvalue weighted by atomic mass is 32.2. The van der Waals surface area contributed by atoms with E-state index in [1.165, 1.54) is 11.8 Å². The van der Waals surface area contributed by atoms with Gasteiger partial charge >= 0.3 is 0 Å². The first kappa shape index (κ1) is 14.4. The van der Waals surface area contributed by atoms with Crippen LogP contribution in [0.4, 0.5) is 0 Å². The lowest BCUT2D eigenvalue weighted by Crippen LogP contribution is -2.25. The van der Waals surface area contributed by atoms with Crippen molar-refractivity contribution < 1.29 is 4.79 Å². The van der Waals surface area contributed by atoms with Crippen LogP contribution in [0.15, 0.2) is 40.6 Å². The number of carbonyl (C=O) groups excluding carboxylic acids is 1. The van der Waals surface area contributed by atoms with Crippen molar-refractivity contribution in [2.75, 3.05) is 12.3 Å². The Labute approximate surface area is 137 Å². The molecule has 0 spiro atoms. The zero-order valence-electron chi connectivity index (χ0n) is 12.5. The molecule has 1 aliphatic heterocycles. The maximum absolute atomic E-state index is 12.3. The molecule has 2 heterocycles. The van der Waals surface area contributed by atoms with Crippen LogP contribution in [-0.4, -0.2) is 49.1 Å². The lowest BCUT2D eigenvalue weighted by atomic mass is 10.1. The summed E-state index contributed by atoms with van der Waals surface area (Å²) in [5, 5.41) is 18.4. The minimum atomic E-state index is -0.00808. The van der Waals surface area contributed by atoms with Gasteiger partial charge in [-0.15, -0.1) is 5.10 Å². The Morgan fingerprint density at radius 1 is 1.26 bits per heavy atom. The first-order chi connectivity index (χ1) is 11.3. The molecule has 1 aliphatic carbocycles. The van der Waals surface area contributed by atoms with Gasteiger partial charge < -0.3 is 0 Å². The van der Waals surface area contributed by atoms with Gasteiger partial charge in [0.05, 0.1) is 24.1 Å². The highest BCUT2D eigenvalue weighted by Crippen LogP contribution is 2.36. The van der Waals surface area contributed by atoms with Gasteiger partial charge in [-0.2, -0.15) is 5.10 Å². The van der Waals surface area contributed by atoms with E-state index >= 15 is 0 Å². The van der Waals surface area contributed by atoms with Crippen molar-refractivity contribution in [3.05, 3.63) is 35.9 Å². The number of nitrogens with zero attached hydrogens (tertiary/aromatic N) is 6. The monoisotopic (exact) mass is 328 g/mol. The smallest absolute Gasteiger partial charge is 0.253 e. The van der Waals surface area contributed by atoms with E-state index in [1.807, 2.05) is 35.0 Å². The fraction of sp³-hybridized carbons (Fsp3) is 0.400. The molecule has 0 unspecified atom stereocenters. The third-order valence-electron chi connectivity index (χ3n) is 3.88. The number of carbonyl (C=O) groups is 1. The quantitative estimate of drug-likeness (QED) is 0.781. The van der Waals surface area contributed by atoms with Gasteiger partial charge in [-0.1, -0.05) is 42.1 Å². The number of thioether (sulfide) groups is 1. The summed E-state index contributed by atoms with van der Waals surface area (Å²) in [5.41, 5.74) is 2.04. The molecule has 2 aliphatic rings. The Balaban J connectivity index is 1.38. The molecule has 1 saturated carbocycles. The first-order valence-electron chi connectivity index (χ1n) is 7.65. The van der Waals surface area contributed by atoms with Crippen molar-refractivity contribution >= 4 is 23.4 Å². The van der Waals surface area contributed by atoms with Gasteiger partial charge in [0, 0.05) is 6.42 Å². The van der Waals surface area contributed by atoms with Crippen LogP contribution in [-0.2, 0) is 4.79 Å². The Hall–Kier alpha value is -2.22. The fourth-order valence-electron chi connectivity index (χ4n) is 2.50. The summed E-state index contributed by atoms with van der Waals surface area (Å²) in [4.78, 5) is 12.3. The van der Waals surface area contributed by atoms with Gasteiger partial charge in [-0.05, 0) is 28.8 Å². The topological polar surface area (TPSA) is 76.3 Å². The van der Waals surface area contributed by atoms with Crippen LogP contribution >= 0.6 is 11.8 Å². The zero-order valence-corrected chi connectivity index (χ0v) is 13.3. The van der Waals surface area contributed by atoms with Crippen molar-refractivity contribution in [1.82, 2.24) is 25.2 Å². The van der Waals surface area contributed by atoms with E-state index < -0.39 is 0 Å². The van der Waals surface area contributed by atoms with Crippen LogP contribution in [0.2, 0.25) is 0 Å². The molecule has 0 radical (unpaired) electrons. The summed E-state index contributed by atoms with van der Waals surface area (Å²) in [5.74, 6) is 0.296. The molecule has 0 saturated heterocycles. The van der Waals surface area contributed by atoms with E-state index in [9.17, 15) is 4.79 Å². The third kappa shape index (κ3) is 3.12. The van der Waals surface area contributed by atoms with Crippen LogP contribution in [0.1, 0.15) is 30.9 Å². The molecule has 1 fully saturated rings. The zero-order chi connectivity index (χ0) is 15.6. The van der Waals surface area contributed by atoms with Crippen LogP contribution in [0.25, 0.3) is 0 Å². The molecule has 0 bridgehead atoms. The largest absolute Gasteiger partial charge is 0.272 e. The molecule has 8 heteroatoms. The summed E-state index contributed by atoms with van der Waals surface area (Å²) in [7, 11) is 0. The van der Waals surface area contributed by atoms with Crippen LogP contribution < -0.4 is 0 Å². The van der Waals surface area contributed by atoms with Gasteiger partial charge in [0.15, 0.2) is 0 Å². The molecule has 1 aromatic carbocycles. The molecular formula is C15H16N6OS. The highest BCUT2D eigenvalue weighted by molar-refractivity contribution is 7.99. The van der Waals surface area contributed by atoms with Crippen molar-refractivity contribution in [3.8, 4) is 0 Å². The summed E-state index contributed by atoms with van der Waals surface area (Å²) < 4.78 is 1.82. The second-order valence-corrected chi connectivity index (χ2v) is 6.55. The Morgan fingerprint density at radius 3 is 2.87 bits per heavy atom. The predicted octanol–water partition coefficient (Wildman–Crippen LogP) is 1.74. The van der Waals surface area contributed by atoms with Crippen molar-refractivity contribution in [1.29, 1.82) is 0 Å². The number of hydrogen-bond donors (Lipinski definition) is 0. The van der Waals surface area contributed by atoms with Gasteiger partial charge in [-0.25, -0.2) is 9.69 Å². The van der Waals surface area contributed by atoms with Crippen molar-refractivity contribution in [2.24, 2.45) is 5.10 Å². The first-order valence-corrected chi connectivity index (χ1v) is 8.64. The van der Waals surface area contributed by atoms with E-state index in [4.69, 9.17) is 0 Å². The van der Waals surface area contributed by atoms with Gasteiger partial charge in [0.25, 0.3) is 5.91 Å². The summed E-state index contributed by atoms with van der Waals surface area (Å²) in [6.07, 6.45) is 3.02. The number of tetrazole rings is 1. The number of aromatic nitrogens is 4. The normalized spacial score (nSPS) is 17.4. The maximum atomic E-state index is 12.3. The Morgan fingerprint density at radius 2 is 2.09 bits per heavy atom.